The molecule has 6 aromatic carbocycles. The van der Waals surface area contributed by atoms with Gasteiger partial charge in [0.15, 0.2) is 0 Å². The third-order valence-electron chi connectivity index (χ3n) is 10.1. The van der Waals surface area contributed by atoms with Gasteiger partial charge in [-0.3, -0.25) is 0 Å². The van der Waals surface area contributed by atoms with Crippen LogP contribution in [0.1, 0.15) is 33.4 Å². The summed E-state index contributed by atoms with van der Waals surface area (Å²) in [5, 5.41) is 0. The normalized spacial score (nSPS) is 13.3. The van der Waals surface area contributed by atoms with Gasteiger partial charge in [-0.1, -0.05) is 0 Å². The van der Waals surface area contributed by atoms with Crippen molar-refractivity contribution in [3.8, 4) is 22.3 Å². The van der Waals surface area contributed by atoms with Crippen LogP contribution in [0.5, 0.6) is 0 Å². The second kappa shape index (κ2) is 9.74. The molecule has 202 valence electrons. The average Bonchev–Trinajstić information content (AvgIpc) is 3.60. The van der Waals surface area contributed by atoms with Crippen LogP contribution >= 0.6 is 0 Å². The van der Waals surface area contributed by atoms with E-state index in [0.29, 0.717) is 0 Å². The second-order valence-corrected chi connectivity index (χ2v) is 21.4. The number of benzene rings is 6. The standard InChI is InChI=1S/2C13H9.2C7H7.CH2.Ti/c2*1-3-7-12-10(5-1)9-11-6-2-4-8-13(11)12;2*1-7-5-3-2-4-6-7;;/h2*1-5,7-8H,9H2;2*2-6H,1H2;1H2;. The van der Waals surface area contributed by atoms with Crippen LogP contribution in [0.15, 0.2) is 146 Å². The monoisotopic (exact) mass is 574 g/mol. The molecule has 0 saturated carbocycles. The van der Waals surface area contributed by atoms with E-state index in [4.69, 9.17) is 4.82 Å². The number of fused-ring (bicyclic) bond motifs is 6. The van der Waals surface area contributed by atoms with E-state index in [1.54, 1.807) is 0 Å². The molecule has 0 radical (unpaired) electrons. The zero-order valence-corrected chi connectivity index (χ0v) is 25.5. The Hall–Kier alpha value is -4.10. The van der Waals surface area contributed by atoms with E-state index in [9.17, 15) is 0 Å². The maximum absolute atomic E-state index is 5.70. The van der Waals surface area contributed by atoms with Gasteiger partial charge < -0.3 is 0 Å². The van der Waals surface area contributed by atoms with Crippen molar-refractivity contribution >= 4 is 12.6 Å². The summed E-state index contributed by atoms with van der Waals surface area (Å²) in [5.74, 6) is 0. The van der Waals surface area contributed by atoms with Gasteiger partial charge in [0.05, 0.1) is 0 Å². The van der Waals surface area contributed by atoms with Crippen molar-refractivity contribution < 1.29 is 14.8 Å². The molecule has 8 rings (SSSR count). The molecule has 0 aromatic heterocycles. The van der Waals surface area contributed by atoms with E-state index in [1.165, 1.54) is 63.4 Å². The summed E-state index contributed by atoms with van der Waals surface area (Å²) in [6.45, 7) is 0. The van der Waals surface area contributed by atoms with Crippen molar-refractivity contribution in [2.75, 3.05) is 0 Å². The third kappa shape index (κ3) is 3.90. The van der Waals surface area contributed by atoms with Crippen molar-refractivity contribution in [3.05, 3.63) is 179 Å². The van der Waals surface area contributed by atoms with Gasteiger partial charge in [-0.25, -0.2) is 0 Å². The Bertz CT molecular complexity index is 1880. The summed E-state index contributed by atoms with van der Waals surface area (Å²) >= 11 is -4.23. The van der Waals surface area contributed by atoms with E-state index in [0.717, 1.165) is 22.3 Å². The molecule has 0 saturated heterocycles. The first-order valence-electron chi connectivity index (χ1n) is 15.1. The summed E-state index contributed by atoms with van der Waals surface area (Å²) in [7, 11) is 0. The molecule has 0 spiro atoms. The van der Waals surface area contributed by atoms with Crippen molar-refractivity contribution in [1.29, 1.82) is 0 Å². The van der Waals surface area contributed by atoms with Crippen LogP contribution in [0.2, 0.25) is 0 Å². The van der Waals surface area contributed by atoms with Crippen LogP contribution in [0.4, 0.5) is 0 Å². The molecule has 2 aliphatic carbocycles. The van der Waals surface area contributed by atoms with E-state index in [2.05, 4.69) is 146 Å². The SMILES string of the molecule is [CH2]=[Ti]([CH2]c1ccccc1)([CH2]c1ccccc1)([c]1cccc2c1Cc1ccccc1-2)[c]1cccc2c1Cc1ccccc1-2. The van der Waals surface area contributed by atoms with Crippen molar-refractivity contribution in [2.24, 2.45) is 0 Å². The molecule has 0 nitrogen and oxygen atoms in total. The molecule has 0 bridgehead atoms. The Balaban J connectivity index is 1.48. The minimum atomic E-state index is -4.23. The van der Waals surface area contributed by atoms with Crippen molar-refractivity contribution in [3.63, 3.8) is 0 Å². The van der Waals surface area contributed by atoms with Gasteiger partial charge in [-0.05, 0) is 0 Å². The maximum atomic E-state index is 5.70. The molecule has 0 amide bonds. The molecule has 0 aliphatic heterocycles. The summed E-state index contributed by atoms with van der Waals surface area (Å²) in [6.07, 6.45) is 1.96. The summed E-state index contributed by atoms with van der Waals surface area (Å²) in [6, 6.07) is 54.7. The quantitative estimate of drug-likeness (QED) is 0.175. The van der Waals surface area contributed by atoms with Gasteiger partial charge in [-0.15, -0.1) is 0 Å². The first kappa shape index (κ1) is 25.6. The molecule has 2 aliphatic rings. The van der Waals surface area contributed by atoms with Gasteiger partial charge in [0, 0.05) is 0 Å². The molecule has 0 atom stereocenters. The van der Waals surface area contributed by atoms with Crippen LogP contribution in [-0.2, 0) is 37.1 Å². The average molecular weight is 575 g/mol. The van der Waals surface area contributed by atoms with Crippen molar-refractivity contribution in [2.45, 2.75) is 22.3 Å². The van der Waals surface area contributed by atoms with Gasteiger partial charge in [0.25, 0.3) is 0 Å². The Labute approximate surface area is 249 Å². The fraction of sp³-hybridized carbons (Fsp3) is 0.0976. The van der Waals surface area contributed by atoms with E-state index in [1.807, 2.05) is 0 Å². The molecule has 0 heterocycles. The third-order valence-corrected chi connectivity index (χ3v) is 19.9. The summed E-state index contributed by atoms with van der Waals surface area (Å²) in [5.41, 5.74) is 14.2. The van der Waals surface area contributed by atoms with Crippen LogP contribution in [0, 0.1) is 0 Å². The molecular formula is C41H34Ti. The fourth-order valence-corrected chi connectivity index (χ4v) is 18.8. The van der Waals surface area contributed by atoms with Crippen LogP contribution in [-0.4, -0.2) is 4.82 Å². The van der Waals surface area contributed by atoms with E-state index >= 15 is 0 Å². The summed E-state index contributed by atoms with van der Waals surface area (Å²) < 4.78 is 5.06. The van der Waals surface area contributed by atoms with Gasteiger partial charge in [-0.2, -0.15) is 0 Å². The summed E-state index contributed by atoms with van der Waals surface area (Å²) in [4.78, 5) is 5.70. The van der Waals surface area contributed by atoms with Gasteiger partial charge in [0.2, 0.25) is 0 Å². The molecule has 6 aromatic rings. The Morgan fingerprint density at radius 2 is 0.786 bits per heavy atom. The van der Waals surface area contributed by atoms with Crippen LogP contribution in [0.3, 0.4) is 0 Å². The van der Waals surface area contributed by atoms with Gasteiger partial charge in [0.1, 0.15) is 0 Å². The first-order valence-corrected chi connectivity index (χ1v) is 20.0. The predicted octanol–water partition coefficient (Wildman–Crippen LogP) is 8.30. The number of hydrogen-bond acceptors (Lipinski definition) is 0. The zero-order chi connectivity index (χ0) is 28.2. The molecule has 0 N–H and O–H groups in total. The Kier molecular flexibility index (Phi) is 5.93. The van der Waals surface area contributed by atoms with Gasteiger partial charge >= 0.3 is 251 Å². The van der Waals surface area contributed by atoms with Crippen LogP contribution < -0.4 is 7.74 Å². The Morgan fingerprint density at radius 3 is 1.24 bits per heavy atom. The molecule has 1 heteroatoms. The zero-order valence-electron chi connectivity index (χ0n) is 23.9. The molecule has 42 heavy (non-hydrogen) atoms. The predicted molar refractivity (Wildman–Crippen MR) is 176 cm³/mol. The molecule has 0 unspecified atom stereocenters. The minimum absolute atomic E-state index is 0.981. The van der Waals surface area contributed by atoms with E-state index in [-0.39, 0.29) is 0 Å². The van der Waals surface area contributed by atoms with E-state index < -0.39 is 14.8 Å². The molecular weight excluding hydrogens is 540 g/mol. The molecule has 0 fully saturated rings. The Morgan fingerprint density at radius 1 is 0.405 bits per heavy atom. The first-order chi connectivity index (χ1) is 20.6. The second-order valence-electron chi connectivity index (χ2n) is 12.6. The number of rotatable bonds is 6. The van der Waals surface area contributed by atoms with Crippen molar-refractivity contribution in [1.82, 2.24) is 0 Å². The fourth-order valence-electron chi connectivity index (χ4n) is 8.31. The number of hydrogen-bond donors (Lipinski definition) is 0. The van der Waals surface area contributed by atoms with Crippen LogP contribution in [0.25, 0.3) is 22.3 Å². The topological polar surface area (TPSA) is 0 Å².